The van der Waals surface area contributed by atoms with E-state index < -0.39 is 23.9 Å². The van der Waals surface area contributed by atoms with Crippen LogP contribution in [0.5, 0.6) is 5.75 Å². The van der Waals surface area contributed by atoms with Gasteiger partial charge in [-0.2, -0.15) is 13.2 Å². The summed E-state index contributed by atoms with van der Waals surface area (Å²) in [5.74, 6) is -1.27. The number of halogens is 8. The molecule has 0 saturated heterocycles. The van der Waals surface area contributed by atoms with E-state index in [1.165, 1.54) is 22.6 Å². The van der Waals surface area contributed by atoms with Gasteiger partial charge < -0.3 is 4.74 Å². The Bertz CT molecular complexity index is 446. The molecule has 0 aliphatic carbocycles. The smallest absolute Gasteiger partial charge is 0.405 e. The molecule has 18 heavy (non-hydrogen) atoms. The van der Waals surface area contributed by atoms with Crippen molar-refractivity contribution in [3.05, 3.63) is 21.0 Å². The zero-order chi connectivity index (χ0) is 14.1. The summed E-state index contributed by atoms with van der Waals surface area (Å²) in [5.41, 5.74) is -1.86. The van der Waals surface area contributed by atoms with Crippen molar-refractivity contribution in [3.63, 3.8) is 0 Å². The van der Waals surface area contributed by atoms with Gasteiger partial charge in [-0.05, 0) is 22.6 Å². The lowest BCUT2D eigenvalue weighted by atomic mass is 10.2. The molecule has 0 amide bonds. The van der Waals surface area contributed by atoms with Crippen LogP contribution in [0.15, 0.2) is 6.20 Å². The average Bonchev–Trinajstić information content (AvgIpc) is 2.13. The lowest BCUT2D eigenvalue weighted by molar-refractivity contribution is -0.276. The average molecular weight is 450 g/mol. The topological polar surface area (TPSA) is 22.1 Å². The summed E-state index contributed by atoms with van der Waals surface area (Å²) in [7, 11) is 0. The van der Waals surface area contributed by atoms with Crippen LogP contribution in [0.25, 0.3) is 0 Å². The predicted octanol–water partition coefficient (Wildman–Crippen LogP) is 4.50. The number of pyridine rings is 1. The molecule has 0 aliphatic rings. The molecule has 0 radical (unpaired) electrons. The fourth-order valence-corrected chi connectivity index (χ4v) is 2.68. The first-order chi connectivity index (χ1) is 8.06. The minimum Gasteiger partial charge on any atom is -0.405 e. The molecule has 0 bridgehead atoms. The summed E-state index contributed by atoms with van der Waals surface area (Å²) in [4.78, 5) is 3.40. The number of rotatable bonds is 2. The molecule has 0 aliphatic heterocycles. The van der Waals surface area contributed by atoms with Gasteiger partial charge in [-0.3, -0.25) is 0 Å². The molecule has 0 fully saturated rings. The Kier molecular flexibility index (Phi) is 4.73. The van der Waals surface area contributed by atoms with Crippen molar-refractivity contribution in [3.8, 4) is 5.75 Å². The van der Waals surface area contributed by atoms with Crippen molar-refractivity contribution in [2.75, 3.05) is 0 Å². The third-order valence-corrected chi connectivity index (χ3v) is 3.22. The number of ether oxygens (including phenoxy) is 1. The lowest BCUT2D eigenvalue weighted by Crippen LogP contribution is -2.22. The standard InChI is InChI=1S/C8H3BrF6INO/c9-1-3-5(18-8(13,14)15)4(7(10,11)12)2-17-6(3)16/h2H,1H2. The Labute approximate surface area is 119 Å². The van der Waals surface area contributed by atoms with Crippen molar-refractivity contribution in [2.24, 2.45) is 0 Å². The van der Waals surface area contributed by atoms with Crippen LogP contribution in [0.3, 0.4) is 0 Å². The van der Waals surface area contributed by atoms with Gasteiger partial charge in [-0.25, -0.2) is 4.98 Å². The van der Waals surface area contributed by atoms with Crippen molar-refractivity contribution in [2.45, 2.75) is 17.9 Å². The van der Waals surface area contributed by atoms with Crippen LogP contribution in [0, 0.1) is 3.70 Å². The molecule has 1 heterocycles. The number of aromatic nitrogens is 1. The third kappa shape index (κ3) is 3.87. The first kappa shape index (κ1) is 15.8. The molecule has 1 aromatic heterocycles. The van der Waals surface area contributed by atoms with Gasteiger partial charge in [0.25, 0.3) is 0 Å². The van der Waals surface area contributed by atoms with Gasteiger partial charge in [0, 0.05) is 17.1 Å². The second-order valence-corrected chi connectivity index (χ2v) is 4.53. The van der Waals surface area contributed by atoms with Crippen molar-refractivity contribution >= 4 is 38.5 Å². The van der Waals surface area contributed by atoms with Crippen LogP contribution in [0.4, 0.5) is 26.3 Å². The molecular formula is C8H3BrF6INO. The SMILES string of the molecule is FC(F)(F)Oc1c(C(F)(F)F)cnc(I)c1CBr. The maximum atomic E-state index is 12.6. The molecule has 0 aromatic carbocycles. The molecule has 0 N–H and O–H groups in total. The number of alkyl halides is 7. The molecule has 0 spiro atoms. The second-order valence-electron chi connectivity index (χ2n) is 2.95. The van der Waals surface area contributed by atoms with E-state index >= 15 is 0 Å². The summed E-state index contributed by atoms with van der Waals surface area (Å²) in [6.07, 6.45) is -9.87. The zero-order valence-electron chi connectivity index (χ0n) is 8.16. The van der Waals surface area contributed by atoms with Crippen LogP contribution in [-0.4, -0.2) is 11.3 Å². The van der Waals surface area contributed by atoms with Gasteiger partial charge in [0.2, 0.25) is 0 Å². The van der Waals surface area contributed by atoms with E-state index in [0.717, 1.165) is 0 Å². The number of hydrogen-bond donors (Lipinski definition) is 0. The Hall–Kier alpha value is -0.260. The number of nitrogens with zero attached hydrogens (tertiary/aromatic N) is 1. The van der Waals surface area contributed by atoms with Crippen LogP contribution in [0.1, 0.15) is 11.1 Å². The quantitative estimate of drug-likeness (QED) is 0.287. The monoisotopic (exact) mass is 449 g/mol. The highest BCUT2D eigenvalue weighted by Gasteiger charge is 2.41. The van der Waals surface area contributed by atoms with E-state index in [2.05, 4.69) is 25.7 Å². The minimum absolute atomic E-state index is 0.00303. The minimum atomic E-state index is -5.21. The molecule has 1 rings (SSSR count). The summed E-state index contributed by atoms with van der Waals surface area (Å²) in [6, 6.07) is 0. The molecular weight excluding hydrogens is 447 g/mol. The Balaban J connectivity index is 3.45. The largest absolute Gasteiger partial charge is 0.573 e. The Morgan fingerprint density at radius 1 is 1.22 bits per heavy atom. The molecule has 0 saturated carbocycles. The van der Waals surface area contributed by atoms with Crippen molar-refractivity contribution < 1.29 is 31.1 Å². The zero-order valence-corrected chi connectivity index (χ0v) is 11.9. The fraction of sp³-hybridized carbons (Fsp3) is 0.375. The predicted molar refractivity (Wildman–Crippen MR) is 61.3 cm³/mol. The van der Waals surface area contributed by atoms with Gasteiger partial charge in [-0.15, -0.1) is 13.2 Å². The van der Waals surface area contributed by atoms with Gasteiger partial charge in [0.05, 0.1) is 0 Å². The summed E-state index contributed by atoms with van der Waals surface area (Å²) in [5, 5.41) is -0.242. The first-order valence-corrected chi connectivity index (χ1v) is 6.32. The van der Waals surface area contributed by atoms with Gasteiger partial charge in [0.1, 0.15) is 15.0 Å². The van der Waals surface area contributed by atoms with Crippen LogP contribution < -0.4 is 4.74 Å². The molecule has 1 aromatic rings. The molecule has 102 valence electrons. The lowest BCUT2D eigenvalue weighted by Gasteiger charge is -2.18. The fourth-order valence-electron chi connectivity index (χ4n) is 1.06. The highest BCUT2D eigenvalue weighted by molar-refractivity contribution is 14.1. The van der Waals surface area contributed by atoms with Crippen LogP contribution >= 0.6 is 38.5 Å². The van der Waals surface area contributed by atoms with Gasteiger partial charge >= 0.3 is 12.5 Å². The molecule has 0 unspecified atom stereocenters. The van der Waals surface area contributed by atoms with E-state index in [9.17, 15) is 26.3 Å². The first-order valence-electron chi connectivity index (χ1n) is 4.12. The molecule has 0 atom stereocenters. The summed E-state index contributed by atoms with van der Waals surface area (Å²) in [6.45, 7) is 0. The molecule has 10 heteroatoms. The van der Waals surface area contributed by atoms with Crippen molar-refractivity contribution in [1.82, 2.24) is 4.98 Å². The summed E-state index contributed by atoms with van der Waals surface area (Å²) >= 11 is 4.33. The Morgan fingerprint density at radius 3 is 2.17 bits per heavy atom. The normalized spacial score (nSPS) is 12.7. The van der Waals surface area contributed by atoms with E-state index in [1.807, 2.05) is 0 Å². The Morgan fingerprint density at radius 2 is 1.78 bits per heavy atom. The maximum Gasteiger partial charge on any atom is 0.573 e. The van der Waals surface area contributed by atoms with E-state index in [0.29, 0.717) is 6.20 Å². The highest BCUT2D eigenvalue weighted by Crippen LogP contribution is 2.41. The van der Waals surface area contributed by atoms with Crippen LogP contribution in [0.2, 0.25) is 0 Å². The van der Waals surface area contributed by atoms with Gasteiger partial charge in [-0.1, -0.05) is 15.9 Å². The van der Waals surface area contributed by atoms with E-state index in [1.54, 1.807) is 0 Å². The maximum absolute atomic E-state index is 12.6. The highest BCUT2D eigenvalue weighted by atomic mass is 127. The van der Waals surface area contributed by atoms with Crippen LogP contribution in [-0.2, 0) is 11.5 Å². The van der Waals surface area contributed by atoms with Crippen molar-refractivity contribution in [1.29, 1.82) is 0 Å². The van der Waals surface area contributed by atoms with E-state index in [-0.39, 0.29) is 14.6 Å². The number of hydrogen-bond acceptors (Lipinski definition) is 2. The van der Waals surface area contributed by atoms with Gasteiger partial charge in [0.15, 0.2) is 0 Å². The molecule has 2 nitrogen and oxygen atoms in total. The van der Waals surface area contributed by atoms with E-state index in [4.69, 9.17) is 0 Å². The third-order valence-electron chi connectivity index (χ3n) is 1.73. The summed E-state index contributed by atoms with van der Waals surface area (Å²) < 4.78 is 77.6. The second kappa shape index (κ2) is 5.39.